The van der Waals surface area contributed by atoms with Crippen LogP contribution in [0.4, 0.5) is 0 Å². The van der Waals surface area contributed by atoms with E-state index in [1.807, 2.05) is 0 Å². The van der Waals surface area contributed by atoms with Gasteiger partial charge in [-0.15, -0.1) is 0 Å². The average molecular weight is 193 g/mol. The standard InChI is InChI=1S/C8H7N3O3/c1-4-6(7(12)13)10-5-2-3-9-8(14)11(4)5/h2-3H,1H3,(H,9,14)(H,12,13). The van der Waals surface area contributed by atoms with E-state index in [0.29, 0.717) is 11.3 Å². The van der Waals surface area contributed by atoms with Gasteiger partial charge in [-0.05, 0) is 13.0 Å². The molecule has 2 heterocycles. The molecule has 0 bridgehead atoms. The monoisotopic (exact) mass is 193 g/mol. The van der Waals surface area contributed by atoms with E-state index in [-0.39, 0.29) is 11.4 Å². The lowest BCUT2D eigenvalue weighted by Crippen LogP contribution is -2.16. The lowest BCUT2D eigenvalue weighted by atomic mass is 10.3. The Labute approximate surface area is 77.8 Å². The van der Waals surface area contributed by atoms with Gasteiger partial charge >= 0.3 is 11.7 Å². The normalized spacial score (nSPS) is 10.6. The number of aryl methyl sites for hydroxylation is 1. The van der Waals surface area contributed by atoms with Crippen molar-refractivity contribution in [3.8, 4) is 0 Å². The molecule has 2 rings (SSSR count). The predicted octanol–water partition coefficient (Wildman–Crippen LogP) is 0.0292. The van der Waals surface area contributed by atoms with Crippen molar-refractivity contribution in [1.82, 2.24) is 14.4 Å². The van der Waals surface area contributed by atoms with Gasteiger partial charge in [-0.2, -0.15) is 0 Å². The minimum atomic E-state index is -1.13. The second-order valence-electron chi connectivity index (χ2n) is 2.83. The van der Waals surface area contributed by atoms with Crippen molar-refractivity contribution in [2.75, 3.05) is 0 Å². The molecule has 0 saturated heterocycles. The fourth-order valence-electron chi connectivity index (χ4n) is 1.35. The van der Waals surface area contributed by atoms with Crippen LogP contribution in [0.5, 0.6) is 0 Å². The fraction of sp³-hybridized carbons (Fsp3) is 0.125. The highest BCUT2D eigenvalue weighted by Gasteiger charge is 2.15. The van der Waals surface area contributed by atoms with E-state index >= 15 is 0 Å². The number of aromatic carboxylic acids is 1. The third-order valence-corrected chi connectivity index (χ3v) is 1.98. The third kappa shape index (κ3) is 1.00. The lowest BCUT2D eigenvalue weighted by molar-refractivity contribution is 0.0690. The summed E-state index contributed by atoms with van der Waals surface area (Å²) in [4.78, 5) is 28.3. The number of hydrogen-bond donors (Lipinski definition) is 2. The average Bonchev–Trinajstić information content (AvgIpc) is 2.45. The van der Waals surface area contributed by atoms with Crippen molar-refractivity contribution < 1.29 is 9.90 Å². The first-order valence-electron chi connectivity index (χ1n) is 3.91. The van der Waals surface area contributed by atoms with Crippen molar-refractivity contribution in [2.45, 2.75) is 6.92 Å². The van der Waals surface area contributed by atoms with E-state index in [2.05, 4.69) is 9.97 Å². The second kappa shape index (κ2) is 2.69. The van der Waals surface area contributed by atoms with Crippen LogP contribution >= 0.6 is 0 Å². The number of rotatable bonds is 1. The molecule has 0 saturated carbocycles. The van der Waals surface area contributed by atoms with E-state index in [1.165, 1.54) is 10.6 Å². The zero-order chi connectivity index (χ0) is 10.3. The quantitative estimate of drug-likeness (QED) is 0.668. The van der Waals surface area contributed by atoms with Crippen LogP contribution in [0.1, 0.15) is 16.2 Å². The Kier molecular flexibility index (Phi) is 1.63. The molecular weight excluding hydrogens is 186 g/mol. The molecule has 6 nitrogen and oxygen atoms in total. The maximum atomic E-state index is 11.3. The lowest BCUT2D eigenvalue weighted by Gasteiger charge is -1.92. The van der Waals surface area contributed by atoms with Crippen LogP contribution in [-0.2, 0) is 0 Å². The number of imidazole rings is 1. The Balaban J connectivity index is 2.94. The van der Waals surface area contributed by atoms with Gasteiger partial charge in [0.1, 0.15) is 5.65 Å². The zero-order valence-electron chi connectivity index (χ0n) is 7.31. The summed E-state index contributed by atoms with van der Waals surface area (Å²) in [5.41, 5.74) is 0.180. The van der Waals surface area contributed by atoms with Gasteiger partial charge in [0.15, 0.2) is 5.69 Å². The number of aromatic amines is 1. The Morgan fingerprint density at radius 2 is 2.36 bits per heavy atom. The first-order chi connectivity index (χ1) is 6.61. The molecule has 72 valence electrons. The van der Waals surface area contributed by atoms with Crippen molar-refractivity contribution in [3.63, 3.8) is 0 Å². The fourth-order valence-corrected chi connectivity index (χ4v) is 1.35. The number of H-pyrrole nitrogens is 1. The highest BCUT2D eigenvalue weighted by Crippen LogP contribution is 2.07. The van der Waals surface area contributed by atoms with Crippen molar-refractivity contribution in [2.24, 2.45) is 0 Å². The summed E-state index contributed by atoms with van der Waals surface area (Å²) >= 11 is 0. The van der Waals surface area contributed by atoms with Gasteiger partial charge in [0.05, 0.1) is 5.69 Å². The predicted molar refractivity (Wildman–Crippen MR) is 47.5 cm³/mol. The number of hydrogen-bond acceptors (Lipinski definition) is 3. The Hall–Kier alpha value is -2.11. The van der Waals surface area contributed by atoms with Crippen LogP contribution in [0.3, 0.4) is 0 Å². The highest BCUT2D eigenvalue weighted by molar-refractivity contribution is 5.87. The van der Waals surface area contributed by atoms with E-state index in [0.717, 1.165) is 0 Å². The van der Waals surface area contributed by atoms with Gasteiger partial charge in [0, 0.05) is 6.20 Å². The summed E-state index contributed by atoms with van der Waals surface area (Å²) in [5, 5.41) is 8.77. The summed E-state index contributed by atoms with van der Waals surface area (Å²) in [6.07, 6.45) is 1.43. The Morgan fingerprint density at radius 3 is 2.93 bits per heavy atom. The van der Waals surface area contributed by atoms with Gasteiger partial charge in [0.2, 0.25) is 0 Å². The van der Waals surface area contributed by atoms with Gasteiger partial charge in [-0.1, -0.05) is 0 Å². The van der Waals surface area contributed by atoms with Crippen molar-refractivity contribution in [3.05, 3.63) is 34.1 Å². The number of nitrogens with zero attached hydrogens (tertiary/aromatic N) is 2. The van der Waals surface area contributed by atoms with Gasteiger partial charge < -0.3 is 10.1 Å². The van der Waals surface area contributed by atoms with E-state index in [9.17, 15) is 9.59 Å². The van der Waals surface area contributed by atoms with Crippen molar-refractivity contribution in [1.29, 1.82) is 0 Å². The second-order valence-corrected chi connectivity index (χ2v) is 2.83. The highest BCUT2D eigenvalue weighted by atomic mass is 16.4. The largest absolute Gasteiger partial charge is 0.476 e. The van der Waals surface area contributed by atoms with Crippen LogP contribution in [0.2, 0.25) is 0 Å². The molecule has 0 atom stereocenters. The summed E-state index contributed by atoms with van der Waals surface area (Å²) in [6.45, 7) is 1.54. The molecule has 2 aromatic heterocycles. The topological polar surface area (TPSA) is 87.5 Å². The molecule has 0 radical (unpaired) electrons. The van der Waals surface area contributed by atoms with Gasteiger partial charge in [-0.3, -0.25) is 0 Å². The molecule has 0 amide bonds. The smallest absolute Gasteiger partial charge is 0.356 e. The molecule has 0 aliphatic carbocycles. The summed E-state index contributed by atoms with van der Waals surface area (Å²) in [5.74, 6) is -1.13. The number of fused-ring (bicyclic) bond motifs is 1. The molecule has 0 aliphatic rings. The van der Waals surface area contributed by atoms with Crippen LogP contribution in [0.15, 0.2) is 17.1 Å². The number of nitrogens with one attached hydrogen (secondary N) is 1. The zero-order valence-corrected chi connectivity index (χ0v) is 7.31. The van der Waals surface area contributed by atoms with E-state index < -0.39 is 5.97 Å². The minimum absolute atomic E-state index is 0.0956. The first-order valence-corrected chi connectivity index (χ1v) is 3.91. The summed E-state index contributed by atoms with van der Waals surface area (Å²) in [6, 6.07) is 1.54. The molecule has 0 aromatic carbocycles. The molecule has 0 unspecified atom stereocenters. The van der Waals surface area contributed by atoms with Crippen LogP contribution in [0.25, 0.3) is 5.65 Å². The Morgan fingerprint density at radius 1 is 1.64 bits per heavy atom. The van der Waals surface area contributed by atoms with Crippen molar-refractivity contribution >= 4 is 11.6 Å². The number of carbonyl (C=O) groups is 1. The minimum Gasteiger partial charge on any atom is -0.476 e. The number of aromatic nitrogens is 3. The molecule has 2 N–H and O–H groups in total. The molecule has 0 spiro atoms. The van der Waals surface area contributed by atoms with Crippen LogP contribution in [-0.4, -0.2) is 25.4 Å². The molecule has 2 aromatic rings. The third-order valence-electron chi connectivity index (χ3n) is 1.98. The van der Waals surface area contributed by atoms with E-state index in [4.69, 9.17) is 5.11 Å². The SMILES string of the molecule is Cc1c(C(=O)O)nc2cc[nH]c(=O)n12. The maximum absolute atomic E-state index is 11.3. The van der Waals surface area contributed by atoms with E-state index in [1.54, 1.807) is 13.0 Å². The maximum Gasteiger partial charge on any atom is 0.356 e. The number of carboxylic acid groups (broad SMARTS) is 1. The van der Waals surface area contributed by atoms with Gasteiger partial charge in [-0.25, -0.2) is 19.0 Å². The molecular formula is C8H7N3O3. The summed E-state index contributed by atoms with van der Waals surface area (Å²) < 4.78 is 1.23. The molecule has 0 aliphatic heterocycles. The Bertz CT molecular complexity index is 567. The summed E-state index contributed by atoms with van der Waals surface area (Å²) in [7, 11) is 0. The molecule has 6 heteroatoms. The number of carboxylic acids is 1. The van der Waals surface area contributed by atoms with Gasteiger partial charge in [0.25, 0.3) is 0 Å². The van der Waals surface area contributed by atoms with Crippen LogP contribution in [0, 0.1) is 6.92 Å². The van der Waals surface area contributed by atoms with Crippen LogP contribution < -0.4 is 5.69 Å². The first kappa shape index (κ1) is 8.49. The molecule has 0 fully saturated rings. The molecule has 14 heavy (non-hydrogen) atoms.